The maximum absolute atomic E-state index is 4.15. The van der Waals surface area contributed by atoms with Gasteiger partial charge in [-0.1, -0.05) is 0 Å². The molecule has 1 saturated heterocycles. The summed E-state index contributed by atoms with van der Waals surface area (Å²) in [7, 11) is 2.02. The van der Waals surface area contributed by atoms with Crippen LogP contribution in [0.5, 0.6) is 0 Å². The molecule has 3 rings (SSSR count). The number of aromatic nitrogens is 3. The third-order valence-electron chi connectivity index (χ3n) is 3.14. The summed E-state index contributed by atoms with van der Waals surface area (Å²) in [5, 5.41) is 11.4. The highest BCUT2D eigenvalue weighted by Gasteiger charge is 2.55. The van der Waals surface area contributed by atoms with Gasteiger partial charge in [-0.05, 0) is 24.9 Å². The maximum Gasteiger partial charge on any atom is 0.136 e. The lowest BCUT2D eigenvalue weighted by Crippen LogP contribution is -2.15. The van der Waals surface area contributed by atoms with Crippen molar-refractivity contribution in [2.75, 3.05) is 13.1 Å². The number of rotatable bonds is 1. The molecule has 0 bridgehead atoms. The summed E-state index contributed by atoms with van der Waals surface area (Å²) < 4.78 is 2.04. The summed E-state index contributed by atoms with van der Waals surface area (Å²) in [5.74, 6) is 3.55. The molecule has 4 heteroatoms. The van der Waals surface area contributed by atoms with E-state index in [1.54, 1.807) is 6.33 Å². The number of hydrogen-bond acceptors (Lipinski definition) is 3. The van der Waals surface area contributed by atoms with Crippen molar-refractivity contribution in [2.45, 2.75) is 5.92 Å². The van der Waals surface area contributed by atoms with Crippen LogP contribution in [0.15, 0.2) is 6.33 Å². The van der Waals surface area contributed by atoms with E-state index in [1.165, 1.54) is 18.9 Å². The van der Waals surface area contributed by atoms with Gasteiger partial charge in [-0.3, -0.25) is 0 Å². The summed E-state index contributed by atoms with van der Waals surface area (Å²) in [4.78, 5) is 0. The first-order valence-corrected chi connectivity index (χ1v) is 4.42. The van der Waals surface area contributed by atoms with Crippen molar-refractivity contribution in [3.05, 3.63) is 12.2 Å². The van der Waals surface area contributed by atoms with Crippen LogP contribution in [0.3, 0.4) is 0 Å². The average Bonchev–Trinajstić information content (AvgIpc) is 2.56. The molecule has 1 unspecified atom stereocenters. The molecular formula is C8H12N4. The Hall–Kier alpha value is -0.900. The van der Waals surface area contributed by atoms with Gasteiger partial charge in [-0.25, -0.2) is 0 Å². The molecule has 64 valence electrons. The van der Waals surface area contributed by atoms with E-state index in [-0.39, 0.29) is 0 Å². The Balaban J connectivity index is 1.89. The van der Waals surface area contributed by atoms with Crippen LogP contribution < -0.4 is 5.32 Å². The highest BCUT2D eigenvalue weighted by molar-refractivity contribution is 5.19. The second-order valence-electron chi connectivity index (χ2n) is 3.81. The number of piperidine rings is 1. The van der Waals surface area contributed by atoms with Crippen molar-refractivity contribution >= 4 is 0 Å². The first-order valence-electron chi connectivity index (χ1n) is 4.42. The summed E-state index contributed by atoms with van der Waals surface area (Å²) in [6.45, 7) is 2.34. The molecule has 2 heterocycles. The summed E-state index contributed by atoms with van der Waals surface area (Å²) in [5.41, 5.74) is 0. The topological polar surface area (TPSA) is 42.7 Å². The van der Waals surface area contributed by atoms with E-state index in [1.807, 2.05) is 11.6 Å². The third kappa shape index (κ3) is 0.705. The normalized spacial score (nSPS) is 38.2. The fraction of sp³-hybridized carbons (Fsp3) is 0.750. The second kappa shape index (κ2) is 2.07. The van der Waals surface area contributed by atoms with Gasteiger partial charge in [0.25, 0.3) is 0 Å². The third-order valence-corrected chi connectivity index (χ3v) is 3.14. The Labute approximate surface area is 71.0 Å². The smallest absolute Gasteiger partial charge is 0.136 e. The average molecular weight is 164 g/mol. The van der Waals surface area contributed by atoms with Crippen LogP contribution >= 0.6 is 0 Å². The summed E-state index contributed by atoms with van der Waals surface area (Å²) >= 11 is 0. The minimum atomic E-state index is 0.693. The molecule has 3 atom stereocenters. The predicted molar refractivity (Wildman–Crippen MR) is 43.6 cm³/mol. The Morgan fingerprint density at radius 3 is 2.83 bits per heavy atom. The molecule has 12 heavy (non-hydrogen) atoms. The van der Waals surface area contributed by atoms with Gasteiger partial charge in [0.15, 0.2) is 0 Å². The Morgan fingerprint density at radius 1 is 1.50 bits per heavy atom. The van der Waals surface area contributed by atoms with E-state index in [0.29, 0.717) is 5.92 Å². The maximum atomic E-state index is 4.15. The molecule has 1 aliphatic carbocycles. The number of nitrogens with one attached hydrogen (secondary N) is 1. The van der Waals surface area contributed by atoms with E-state index in [4.69, 9.17) is 0 Å². The number of aryl methyl sites for hydroxylation is 1. The zero-order valence-electron chi connectivity index (χ0n) is 7.07. The molecule has 0 aromatic carbocycles. The highest BCUT2D eigenvalue weighted by atomic mass is 15.3. The van der Waals surface area contributed by atoms with Crippen molar-refractivity contribution in [2.24, 2.45) is 18.9 Å². The van der Waals surface area contributed by atoms with Crippen LogP contribution in [0.1, 0.15) is 11.7 Å². The van der Waals surface area contributed by atoms with Crippen molar-refractivity contribution < 1.29 is 0 Å². The summed E-state index contributed by atoms with van der Waals surface area (Å²) in [6, 6.07) is 0. The largest absolute Gasteiger partial charge is 0.320 e. The van der Waals surface area contributed by atoms with Crippen LogP contribution in [0, 0.1) is 11.8 Å². The van der Waals surface area contributed by atoms with Gasteiger partial charge in [-0.2, -0.15) is 0 Å². The second-order valence-corrected chi connectivity index (χ2v) is 3.81. The lowest BCUT2D eigenvalue weighted by Gasteiger charge is -2.02. The first kappa shape index (κ1) is 6.60. The Bertz CT molecular complexity index is 296. The van der Waals surface area contributed by atoms with Gasteiger partial charge in [0, 0.05) is 13.0 Å². The van der Waals surface area contributed by atoms with E-state index in [9.17, 15) is 0 Å². The quantitative estimate of drug-likeness (QED) is 0.622. The molecule has 2 aliphatic rings. The van der Waals surface area contributed by atoms with Gasteiger partial charge in [0.2, 0.25) is 0 Å². The zero-order chi connectivity index (χ0) is 8.13. The number of hydrogen-bond donors (Lipinski definition) is 1. The summed E-state index contributed by atoms with van der Waals surface area (Å²) in [6.07, 6.45) is 1.79. The number of nitrogens with zero attached hydrogens (tertiary/aromatic N) is 3. The molecule has 0 radical (unpaired) electrons. The Morgan fingerprint density at radius 2 is 2.25 bits per heavy atom. The highest BCUT2D eigenvalue weighted by Crippen LogP contribution is 2.54. The molecule has 0 amide bonds. The minimum absolute atomic E-state index is 0.693. The molecule has 1 N–H and O–H groups in total. The van der Waals surface area contributed by atoms with E-state index in [0.717, 1.165) is 11.8 Å². The van der Waals surface area contributed by atoms with Crippen LogP contribution in [0.2, 0.25) is 0 Å². The zero-order valence-corrected chi connectivity index (χ0v) is 7.07. The Kier molecular flexibility index (Phi) is 1.14. The molecular weight excluding hydrogens is 152 g/mol. The lowest BCUT2D eigenvalue weighted by atomic mass is 10.2. The molecule has 1 aromatic rings. The van der Waals surface area contributed by atoms with Crippen molar-refractivity contribution in [3.63, 3.8) is 0 Å². The van der Waals surface area contributed by atoms with E-state index < -0.39 is 0 Å². The molecule has 2 fully saturated rings. The van der Waals surface area contributed by atoms with Gasteiger partial charge < -0.3 is 9.88 Å². The lowest BCUT2D eigenvalue weighted by molar-refractivity contribution is 0.641. The first-order chi connectivity index (χ1) is 5.88. The van der Waals surface area contributed by atoms with Gasteiger partial charge in [0.1, 0.15) is 12.2 Å². The molecule has 1 aromatic heterocycles. The minimum Gasteiger partial charge on any atom is -0.320 e. The standard InChI is InChI=1S/C8H12N4/c1-12-4-10-11-8(12)7-5-2-9-3-6(5)7/h4-7,9H,2-3H2,1H3/t5-,6+,7?. The molecule has 1 saturated carbocycles. The molecule has 4 nitrogen and oxygen atoms in total. The van der Waals surface area contributed by atoms with E-state index >= 15 is 0 Å². The van der Waals surface area contributed by atoms with Crippen molar-refractivity contribution in [1.82, 2.24) is 20.1 Å². The van der Waals surface area contributed by atoms with Crippen LogP contribution in [0.25, 0.3) is 0 Å². The fourth-order valence-corrected chi connectivity index (χ4v) is 2.40. The van der Waals surface area contributed by atoms with E-state index in [2.05, 4.69) is 15.5 Å². The van der Waals surface area contributed by atoms with Crippen molar-refractivity contribution in [3.8, 4) is 0 Å². The van der Waals surface area contributed by atoms with Crippen LogP contribution in [-0.2, 0) is 7.05 Å². The van der Waals surface area contributed by atoms with Gasteiger partial charge in [-0.15, -0.1) is 10.2 Å². The number of fused-ring (bicyclic) bond motifs is 1. The van der Waals surface area contributed by atoms with Gasteiger partial charge in [0.05, 0.1) is 0 Å². The monoisotopic (exact) mass is 164 g/mol. The SMILES string of the molecule is Cn1cnnc1C1[C@H]2CNC[C@@H]12. The molecule has 0 spiro atoms. The van der Waals surface area contributed by atoms with Crippen molar-refractivity contribution in [1.29, 1.82) is 0 Å². The van der Waals surface area contributed by atoms with Crippen LogP contribution in [-0.4, -0.2) is 27.9 Å². The van der Waals surface area contributed by atoms with Crippen LogP contribution in [0.4, 0.5) is 0 Å². The predicted octanol–water partition coefficient (Wildman–Crippen LogP) is -0.252. The van der Waals surface area contributed by atoms with Gasteiger partial charge >= 0.3 is 0 Å². The molecule has 1 aliphatic heterocycles. The fourth-order valence-electron chi connectivity index (χ4n) is 2.40.